The number of phenolic OH excluding ortho intramolecular Hbond substituents is 1. The van der Waals surface area contributed by atoms with Crippen LogP contribution in [-0.2, 0) is 30.3 Å². The molecular weight excluding hydrogens is 576 g/mol. The van der Waals surface area contributed by atoms with Crippen LogP contribution in [0.3, 0.4) is 0 Å². The van der Waals surface area contributed by atoms with Crippen molar-refractivity contribution >= 4 is 23.5 Å². The van der Waals surface area contributed by atoms with Crippen molar-refractivity contribution in [3.05, 3.63) is 53.6 Å². The number of allylic oxidation sites excluding steroid dienone is 3. The van der Waals surface area contributed by atoms with Gasteiger partial charge in [0.25, 0.3) is 0 Å². The van der Waals surface area contributed by atoms with Gasteiger partial charge in [-0.15, -0.1) is 0 Å². The van der Waals surface area contributed by atoms with Crippen molar-refractivity contribution in [1.82, 2.24) is 5.32 Å². The highest BCUT2D eigenvalue weighted by Gasteiger charge is 2.49. The summed E-state index contributed by atoms with van der Waals surface area (Å²) >= 11 is 0. The zero-order valence-corrected chi connectivity index (χ0v) is 27.2. The van der Waals surface area contributed by atoms with E-state index in [0.717, 1.165) is 17.6 Å². The van der Waals surface area contributed by atoms with Crippen molar-refractivity contribution in [3.63, 3.8) is 0 Å². The number of aromatic hydroxyl groups is 1. The smallest absolute Gasteiger partial charge is 0.328 e. The number of aliphatic hydroxyl groups is 1. The first-order valence-corrected chi connectivity index (χ1v) is 16.0. The third-order valence-electron chi connectivity index (χ3n) is 8.90. The Bertz CT molecular complexity index is 1330. The van der Waals surface area contributed by atoms with Crippen molar-refractivity contribution in [2.24, 2.45) is 11.8 Å². The second-order valence-electron chi connectivity index (χ2n) is 12.8. The molecule has 0 saturated carbocycles. The Morgan fingerprint density at radius 2 is 1.93 bits per heavy atom. The molecule has 7 unspecified atom stereocenters. The molecule has 3 N–H and O–H groups in total. The maximum Gasteiger partial charge on any atom is 0.328 e. The summed E-state index contributed by atoms with van der Waals surface area (Å²) in [7, 11) is 1.58. The average Bonchev–Trinajstić information content (AvgIpc) is 3.34. The van der Waals surface area contributed by atoms with Crippen LogP contribution in [0.4, 0.5) is 5.69 Å². The Hall–Kier alpha value is -3.63. The fourth-order valence-corrected chi connectivity index (χ4v) is 6.19. The molecular formula is C35H48N2O8. The second kappa shape index (κ2) is 15.1. The van der Waals surface area contributed by atoms with Gasteiger partial charge in [0.1, 0.15) is 35.8 Å². The van der Waals surface area contributed by atoms with E-state index in [1.807, 2.05) is 58.1 Å². The highest BCUT2D eigenvalue weighted by Crippen LogP contribution is 2.46. The van der Waals surface area contributed by atoms with Crippen molar-refractivity contribution in [3.8, 4) is 11.5 Å². The van der Waals surface area contributed by atoms with Crippen LogP contribution >= 0.6 is 0 Å². The van der Waals surface area contributed by atoms with E-state index in [-0.39, 0.29) is 30.1 Å². The number of ether oxygens (including phenoxy) is 3. The first-order valence-electron chi connectivity index (χ1n) is 16.0. The van der Waals surface area contributed by atoms with Crippen LogP contribution in [0.1, 0.15) is 72.3 Å². The SMILES string of the molecule is COC1CC(=O)N2c3cc(O)cc4c3OC(C=CC=CCC(OC(=O)C(C)NC(=O)CCC(C)C)C(C)C(O)C(C)=CCC4)C12. The fraction of sp³-hybridized carbons (Fsp3) is 0.571. The molecule has 3 aliphatic heterocycles. The molecule has 3 heterocycles. The Kier molecular flexibility index (Phi) is 11.5. The van der Waals surface area contributed by atoms with Gasteiger partial charge in [0, 0.05) is 37.5 Å². The predicted molar refractivity (Wildman–Crippen MR) is 171 cm³/mol. The largest absolute Gasteiger partial charge is 0.508 e. The van der Waals surface area contributed by atoms with E-state index >= 15 is 0 Å². The van der Waals surface area contributed by atoms with Crippen LogP contribution in [0, 0.1) is 11.8 Å². The van der Waals surface area contributed by atoms with E-state index in [4.69, 9.17) is 14.2 Å². The summed E-state index contributed by atoms with van der Waals surface area (Å²) in [6.45, 7) is 9.36. The average molecular weight is 625 g/mol. The molecule has 2 bridgehead atoms. The van der Waals surface area contributed by atoms with E-state index in [9.17, 15) is 24.6 Å². The lowest BCUT2D eigenvalue weighted by molar-refractivity contribution is -0.156. The monoisotopic (exact) mass is 624 g/mol. The van der Waals surface area contributed by atoms with Crippen molar-refractivity contribution < 1.29 is 38.8 Å². The molecule has 0 aliphatic carbocycles. The Morgan fingerprint density at radius 3 is 2.64 bits per heavy atom. The van der Waals surface area contributed by atoms with E-state index in [1.165, 1.54) is 0 Å². The van der Waals surface area contributed by atoms with Crippen molar-refractivity contribution in [2.45, 2.75) is 110 Å². The van der Waals surface area contributed by atoms with Crippen LogP contribution < -0.4 is 15.0 Å². The molecule has 7 atom stereocenters. The molecule has 0 spiro atoms. The number of carbonyl (C=O) groups is 3. The number of benzene rings is 1. The van der Waals surface area contributed by atoms with Crippen LogP contribution in [-0.4, -0.2) is 71.6 Å². The minimum Gasteiger partial charge on any atom is -0.508 e. The molecule has 1 aromatic carbocycles. The number of carbonyl (C=O) groups excluding carboxylic acids is 3. The summed E-state index contributed by atoms with van der Waals surface area (Å²) in [5.41, 5.74) is 2.01. The number of phenols is 1. The molecule has 0 aromatic heterocycles. The minimum absolute atomic E-state index is 0.0375. The molecule has 246 valence electrons. The molecule has 1 fully saturated rings. The van der Waals surface area contributed by atoms with Gasteiger partial charge >= 0.3 is 5.97 Å². The molecule has 10 heteroatoms. The van der Waals surface area contributed by atoms with Gasteiger partial charge in [-0.25, -0.2) is 4.79 Å². The number of nitrogens with zero attached hydrogens (tertiary/aromatic N) is 1. The molecule has 1 aromatic rings. The van der Waals surface area contributed by atoms with Gasteiger partial charge in [-0.1, -0.05) is 45.1 Å². The third-order valence-corrected chi connectivity index (χ3v) is 8.90. The number of esters is 1. The maximum absolute atomic E-state index is 13.2. The lowest BCUT2D eigenvalue weighted by atomic mass is 9.90. The minimum atomic E-state index is -0.886. The van der Waals surface area contributed by atoms with Gasteiger partial charge in [-0.3, -0.25) is 14.5 Å². The van der Waals surface area contributed by atoms with Gasteiger partial charge < -0.3 is 29.7 Å². The highest BCUT2D eigenvalue weighted by atomic mass is 16.5. The molecule has 4 rings (SSSR count). The summed E-state index contributed by atoms with van der Waals surface area (Å²) in [5, 5.41) is 24.6. The van der Waals surface area contributed by atoms with Gasteiger partial charge in [0.2, 0.25) is 11.8 Å². The molecule has 3 aliphatic rings. The quantitative estimate of drug-likeness (QED) is 0.298. The number of amides is 2. The summed E-state index contributed by atoms with van der Waals surface area (Å²) in [4.78, 5) is 40.2. The Balaban J connectivity index is 1.60. The Morgan fingerprint density at radius 1 is 1.18 bits per heavy atom. The van der Waals surface area contributed by atoms with E-state index in [2.05, 4.69) is 5.32 Å². The van der Waals surface area contributed by atoms with Crippen LogP contribution in [0.5, 0.6) is 11.5 Å². The van der Waals surface area contributed by atoms with Crippen LogP contribution in [0.15, 0.2) is 48.1 Å². The lowest BCUT2D eigenvalue weighted by Crippen LogP contribution is -2.51. The number of hydrogen-bond donors (Lipinski definition) is 3. The van der Waals surface area contributed by atoms with Gasteiger partial charge in [-0.2, -0.15) is 0 Å². The zero-order chi connectivity index (χ0) is 32.8. The first kappa shape index (κ1) is 34.2. The third kappa shape index (κ3) is 8.16. The van der Waals surface area contributed by atoms with Crippen molar-refractivity contribution in [2.75, 3.05) is 12.0 Å². The first-order chi connectivity index (χ1) is 21.4. The van der Waals surface area contributed by atoms with Crippen LogP contribution in [0.2, 0.25) is 0 Å². The predicted octanol–water partition coefficient (Wildman–Crippen LogP) is 4.52. The Labute approximate surface area is 266 Å². The maximum atomic E-state index is 13.2. The van der Waals surface area contributed by atoms with Gasteiger partial charge in [0.05, 0.1) is 24.3 Å². The molecule has 1 saturated heterocycles. The number of aliphatic hydroxyl groups excluding tert-OH is 1. The number of rotatable bonds is 7. The molecule has 10 nitrogen and oxygen atoms in total. The van der Waals surface area contributed by atoms with Crippen LogP contribution in [0.25, 0.3) is 0 Å². The fourth-order valence-electron chi connectivity index (χ4n) is 6.19. The van der Waals surface area contributed by atoms with Gasteiger partial charge in [0.15, 0.2) is 0 Å². The number of aryl methyl sites for hydroxylation is 1. The summed E-state index contributed by atoms with van der Waals surface area (Å²) < 4.78 is 18.1. The molecule has 0 radical (unpaired) electrons. The number of nitrogens with one attached hydrogen (secondary N) is 1. The number of hydrogen-bond acceptors (Lipinski definition) is 8. The lowest BCUT2D eigenvalue weighted by Gasteiger charge is -2.39. The zero-order valence-electron chi connectivity index (χ0n) is 27.2. The number of methoxy groups -OCH3 is 1. The molecule has 2 amide bonds. The van der Waals surface area contributed by atoms with E-state index in [1.54, 1.807) is 31.1 Å². The summed E-state index contributed by atoms with van der Waals surface area (Å²) in [5.74, 6) is -0.327. The normalized spacial score (nSPS) is 27.4. The topological polar surface area (TPSA) is 135 Å². The number of fused-ring (bicyclic) bond motifs is 4. The second-order valence-corrected chi connectivity index (χ2v) is 12.8. The van der Waals surface area contributed by atoms with Crippen molar-refractivity contribution in [1.29, 1.82) is 0 Å². The van der Waals surface area contributed by atoms with E-state index in [0.29, 0.717) is 43.0 Å². The highest BCUT2D eigenvalue weighted by molar-refractivity contribution is 5.99. The summed E-state index contributed by atoms with van der Waals surface area (Å²) in [6.07, 6.45) is 9.54. The standard InChI is InChI=1S/C35H48N2O8/c1-20(2)15-16-30(39)36-23(5)35(42)45-27-13-8-7-9-14-28-32-29(43-6)19-31(40)37(32)26-18-25(38)17-24(34(26)44-28)12-10-11-21(3)33(41)22(27)4/h7-9,11,14,17-18,20,22-23,27-29,32-33,38,41H,10,12-13,15-16,19H2,1-6H3,(H,36,39). The van der Waals surface area contributed by atoms with Gasteiger partial charge in [-0.05, 0) is 56.7 Å². The van der Waals surface area contributed by atoms with E-state index < -0.39 is 42.3 Å². The summed E-state index contributed by atoms with van der Waals surface area (Å²) in [6, 6.07) is 1.98. The molecule has 45 heavy (non-hydrogen) atoms. The number of anilines is 1.